The summed E-state index contributed by atoms with van der Waals surface area (Å²) in [6.45, 7) is 9.64. The number of aryl methyl sites for hydroxylation is 2. The van der Waals surface area contributed by atoms with Gasteiger partial charge in [-0.1, -0.05) is 26.0 Å². The van der Waals surface area contributed by atoms with Crippen molar-refractivity contribution in [3.8, 4) is 5.75 Å². The van der Waals surface area contributed by atoms with Gasteiger partial charge in [0, 0.05) is 18.7 Å². The van der Waals surface area contributed by atoms with E-state index < -0.39 is 0 Å². The minimum atomic E-state index is -0.201. The monoisotopic (exact) mass is 330 g/mol. The molecule has 2 N–H and O–H groups in total. The average Bonchev–Trinajstić information content (AvgIpc) is 2.87. The summed E-state index contributed by atoms with van der Waals surface area (Å²) in [5.41, 5.74) is 2.02. The summed E-state index contributed by atoms with van der Waals surface area (Å²) >= 11 is 0. The standard InChI is InChI=1S/C19H26N2O3/c1-13(2)12-23-18-7-5-16(6-8-18)10-20-19(22)21-11-17-9-14(3)24-15(17)4/h5-9,13H,10-12H2,1-4H3,(H2,20,21,22). The summed E-state index contributed by atoms with van der Waals surface area (Å²) in [7, 11) is 0. The van der Waals surface area contributed by atoms with Crippen LogP contribution in [0.4, 0.5) is 4.79 Å². The van der Waals surface area contributed by atoms with Crippen molar-refractivity contribution in [1.29, 1.82) is 0 Å². The fraction of sp³-hybridized carbons (Fsp3) is 0.421. The van der Waals surface area contributed by atoms with Gasteiger partial charge in [-0.2, -0.15) is 0 Å². The molecule has 2 amide bonds. The van der Waals surface area contributed by atoms with Gasteiger partial charge in [-0.05, 0) is 43.5 Å². The molecule has 0 aliphatic heterocycles. The van der Waals surface area contributed by atoms with E-state index in [1.165, 1.54) is 0 Å². The zero-order valence-electron chi connectivity index (χ0n) is 14.8. The van der Waals surface area contributed by atoms with Crippen molar-refractivity contribution in [2.45, 2.75) is 40.8 Å². The van der Waals surface area contributed by atoms with Crippen LogP contribution in [0.1, 0.15) is 36.5 Å². The lowest BCUT2D eigenvalue weighted by Gasteiger charge is -2.10. The van der Waals surface area contributed by atoms with Gasteiger partial charge in [0.05, 0.1) is 6.61 Å². The second kappa shape index (κ2) is 8.43. The number of hydrogen-bond donors (Lipinski definition) is 2. The van der Waals surface area contributed by atoms with E-state index in [9.17, 15) is 4.79 Å². The molecule has 0 aliphatic rings. The summed E-state index contributed by atoms with van der Waals surface area (Å²) < 4.78 is 11.1. The second-order valence-electron chi connectivity index (χ2n) is 6.32. The highest BCUT2D eigenvalue weighted by Gasteiger charge is 2.06. The van der Waals surface area contributed by atoms with Gasteiger partial charge in [-0.15, -0.1) is 0 Å². The van der Waals surface area contributed by atoms with Gasteiger partial charge >= 0.3 is 6.03 Å². The Bertz CT molecular complexity index is 660. The lowest BCUT2D eigenvalue weighted by atomic mass is 10.2. The number of nitrogens with one attached hydrogen (secondary N) is 2. The first kappa shape index (κ1) is 17.9. The molecule has 24 heavy (non-hydrogen) atoms. The van der Waals surface area contributed by atoms with Gasteiger partial charge in [-0.3, -0.25) is 0 Å². The van der Waals surface area contributed by atoms with E-state index in [1.54, 1.807) is 0 Å². The number of ether oxygens (including phenoxy) is 1. The van der Waals surface area contributed by atoms with Crippen LogP contribution >= 0.6 is 0 Å². The van der Waals surface area contributed by atoms with Crippen LogP contribution in [0.3, 0.4) is 0 Å². The lowest BCUT2D eigenvalue weighted by molar-refractivity contribution is 0.240. The minimum absolute atomic E-state index is 0.201. The Kier molecular flexibility index (Phi) is 6.29. The van der Waals surface area contributed by atoms with Gasteiger partial charge < -0.3 is 19.8 Å². The molecular weight excluding hydrogens is 304 g/mol. The molecule has 0 atom stereocenters. The molecule has 2 rings (SSSR count). The van der Waals surface area contributed by atoms with Crippen molar-refractivity contribution < 1.29 is 13.9 Å². The summed E-state index contributed by atoms with van der Waals surface area (Å²) in [6.07, 6.45) is 0. The number of amides is 2. The van der Waals surface area contributed by atoms with Crippen LogP contribution in [0, 0.1) is 19.8 Å². The summed E-state index contributed by atoms with van der Waals surface area (Å²) in [6, 6.07) is 9.50. The largest absolute Gasteiger partial charge is 0.493 e. The van der Waals surface area contributed by atoms with Gasteiger partial charge in [0.25, 0.3) is 0 Å². The fourth-order valence-corrected chi connectivity index (χ4v) is 2.25. The number of furan rings is 1. The number of carbonyl (C=O) groups excluding carboxylic acids is 1. The first-order chi connectivity index (χ1) is 11.4. The van der Waals surface area contributed by atoms with Gasteiger partial charge in [0.15, 0.2) is 0 Å². The van der Waals surface area contributed by atoms with Gasteiger partial charge in [-0.25, -0.2) is 4.79 Å². The molecule has 5 heteroatoms. The Labute approximate surface area is 143 Å². The highest BCUT2D eigenvalue weighted by Crippen LogP contribution is 2.14. The zero-order chi connectivity index (χ0) is 17.5. The molecule has 0 bridgehead atoms. The van der Waals surface area contributed by atoms with Crippen LogP contribution in [0.5, 0.6) is 5.75 Å². The van der Waals surface area contributed by atoms with E-state index >= 15 is 0 Å². The smallest absolute Gasteiger partial charge is 0.315 e. The first-order valence-electron chi connectivity index (χ1n) is 8.23. The predicted octanol–water partition coefficient (Wildman–Crippen LogP) is 3.93. The van der Waals surface area contributed by atoms with E-state index in [0.29, 0.717) is 25.6 Å². The Morgan fingerprint density at radius 3 is 2.38 bits per heavy atom. The molecule has 0 saturated heterocycles. The number of carbonyl (C=O) groups is 1. The molecule has 0 aliphatic carbocycles. The molecular formula is C19H26N2O3. The van der Waals surface area contributed by atoms with Crippen LogP contribution in [0.25, 0.3) is 0 Å². The maximum absolute atomic E-state index is 11.9. The summed E-state index contributed by atoms with van der Waals surface area (Å²) in [5, 5.41) is 5.68. The lowest BCUT2D eigenvalue weighted by Crippen LogP contribution is -2.34. The first-order valence-corrected chi connectivity index (χ1v) is 8.23. The van der Waals surface area contributed by atoms with Crippen LogP contribution in [0.2, 0.25) is 0 Å². The zero-order valence-corrected chi connectivity index (χ0v) is 14.8. The van der Waals surface area contributed by atoms with Crippen molar-refractivity contribution in [2.24, 2.45) is 5.92 Å². The normalized spacial score (nSPS) is 10.7. The minimum Gasteiger partial charge on any atom is -0.493 e. The molecule has 0 fully saturated rings. The molecule has 0 saturated carbocycles. The molecule has 1 aromatic heterocycles. The third-order valence-corrected chi connectivity index (χ3v) is 3.54. The third-order valence-electron chi connectivity index (χ3n) is 3.54. The predicted molar refractivity (Wildman–Crippen MR) is 94.0 cm³/mol. The van der Waals surface area contributed by atoms with Crippen LogP contribution < -0.4 is 15.4 Å². The maximum Gasteiger partial charge on any atom is 0.315 e. The average molecular weight is 330 g/mol. The van der Waals surface area contributed by atoms with E-state index in [1.807, 2.05) is 44.2 Å². The van der Waals surface area contributed by atoms with Crippen molar-refractivity contribution >= 4 is 6.03 Å². The molecule has 0 unspecified atom stereocenters. The van der Waals surface area contributed by atoms with Crippen molar-refractivity contribution in [3.05, 3.63) is 53.0 Å². The number of benzene rings is 1. The summed E-state index contributed by atoms with van der Waals surface area (Å²) in [5.74, 6) is 3.04. The molecule has 1 aromatic carbocycles. The van der Waals surface area contributed by atoms with Crippen LogP contribution in [-0.4, -0.2) is 12.6 Å². The highest BCUT2D eigenvalue weighted by molar-refractivity contribution is 5.73. The Balaban J connectivity index is 1.74. The number of urea groups is 1. The highest BCUT2D eigenvalue weighted by atomic mass is 16.5. The topological polar surface area (TPSA) is 63.5 Å². The number of rotatable bonds is 7. The van der Waals surface area contributed by atoms with Crippen molar-refractivity contribution in [3.63, 3.8) is 0 Å². The molecule has 0 spiro atoms. The Hall–Kier alpha value is -2.43. The van der Waals surface area contributed by atoms with E-state index in [-0.39, 0.29) is 6.03 Å². The molecule has 5 nitrogen and oxygen atoms in total. The quantitative estimate of drug-likeness (QED) is 0.808. The Morgan fingerprint density at radius 1 is 1.12 bits per heavy atom. The molecule has 0 radical (unpaired) electrons. The van der Waals surface area contributed by atoms with E-state index in [0.717, 1.165) is 28.4 Å². The third kappa shape index (κ3) is 5.65. The Morgan fingerprint density at radius 2 is 1.79 bits per heavy atom. The van der Waals surface area contributed by atoms with Crippen LogP contribution in [-0.2, 0) is 13.1 Å². The molecule has 1 heterocycles. The fourth-order valence-electron chi connectivity index (χ4n) is 2.25. The second-order valence-corrected chi connectivity index (χ2v) is 6.32. The maximum atomic E-state index is 11.9. The van der Waals surface area contributed by atoms with Crippen molar-refractivity contribution in [2.75, 3.05) is 6.61 Å². The van der Waals surface area contributed by atoms with Crippen LogP contribution in [0.15, 0.2) is 34.7 Å². The summed E-state index contributed by atoms with van der Waals surface area (Å²) in [4.78, 5) is 11.9. The van der Waals surface area contributed by atoms with E-state index in [4.69, 9.17) is 9.15 Å². The number of hydrogen-bond acceptors (Lipinski definition) is 3. The molecule has 130 valence electrons. The molecule has 2 aromatic rings. The SMILES string of the molecule is Cc1cc(CNC(=O)NCc2ccc(OCC(C)C)cc2)c(C)o1. The van der Waals surface area contributed by atoms with Gasteiger partial charge in [0.2, 0.25) is 0 Å². The van der Waals surface area contributed by atoms with Gasteiger partial charge in [0.1, 0.15) is 17.3 Å². The van der Waals surface area contributed by atoms with E-state index in [2.05, 4.69) is 24.5 Å². The van der Waals surface area contributed by atoms with Crippen molar-refractivity contribution in [1.82, 2.24) is 10.6 Å².